The van der Waals surface area contributed by atoms with Crippen LogP contribution in [0.3, 0.4) is 0 Å². The fraction of sp³-hybridized carbons (Fsp3) is 0.533. The predicted octanol–water partition coefficient (Wildman–Crippen LogP) is 1.71. The molecule has 0 amide bonds. The molecule has 0 aromatic heterocycles. The van der Waals surface area contributed by atoms with Crippen LogP contribution in [0, 0.1) is 11.3 Å². The van der Waals surface area contributed by atoms with E-state index in [9.17, 15) is 5.26 Å². The van der Waals surface area contributed by atoms with Gasteiger partial charge < -0.3 is 15.2 Å². The first-order valence-electron chi connectivity index (χ1n) is 6.84. The van der Waals surface area contributed by atoms with Crippen LogP contribution in [0.25, 0.3) is 0 Å². The lowest BCUT2D eigenvalue weighted by atomic mass is 9.91. The van der Waals surface area contributed by atoms with Gasteiger partial charge in [-0.05, 0) is 19.8 Å². The van der Waals surface area contributed by atoms with E-state index in [1.807, 2.05) is 6.92 Å². The normalized spacial score (nSPS) is 17.1. The topological polar surface area (TPSA) is 68.3 Å². The second-order valence-corrected chi connectivity index (χ2v) is 5.29. The minimum absolute atomic E-state index is 0.172. The molecule has 19 heavy (non-hydrogen) atoms. The Morgan fingerprint density at radius 3 is 2.58 bits per heavy atom. The molecule has 1 atom stereocenters. The number of rotatable bonds is 3. The molecule has 100 valence electrons. The third-order valence-electron chi connectivity index (χ3n) is 3.87. The van der Waals surface area contributed by atoms with Gasteiger partial charge in [0.2, 0.25) is 0 Å². The maximum atomic E-state index is 9.37. The van der Waals surface area contributed by atoms with Crippen molar-refractivity contribution >= 4 is 0 Å². The Labute approximate surface area is 113 Å². The van der Waals surface area contributed by atoms with Crippen molar-refractivity contribution in [3.05, 3.63) is 22.3 Å². The van der Waals surface area contributed by atoms with Gasteiger partial charge in [0, 0.05) is 35.6 Å². The van der Waals surface area contributed by atoms with Crippen molar-refractivity contribution in [2.24, 2.45) is 5.73 Å². The van der Waals surface area contributed by atoms with Gasteiger partial charge in [0.25, 0.3) is 0 Å². The van der Waals surface area contributed by atoms with Crippen LogP contribution in [0.4, 0.5) is 0 Å². The van der Waals surface area contributed by atoms with E-state index in [-0.39, 0.29) is 6.04 Å². The van der Waals surface area contributed by atoms with Gasteiger partial charge in [0.15, 0.2) is 0 Å². The molecule has 1 unspecified atom stereocenters. The lowest BCUT2D eigenvalue weighted by Crippen LogP contribution is -2.16. The fourth-order valence-electron chi connectivity index (χ4n) is 2.96. The number of fused-ring (bicyclic) bond motifs is 2. The van der Waals surface area contributed by atoms with Crippen LogP contribution in [0.15, 0.2) is 0 Å². The Morgan fingerprint density at radius 2 is 1.89 bits per heavy atom. The Bertz CT molecular complexity index is 523. The van der Waals surface area contributed by atoms with Gasteiger partial charge in [-0.3, -0.25) is 0 Å². The Kier molecular flexibility index (Phi) is 3.08. The number of nitriles is 1. The maximum Gasteiger partial charge on any atom is 0.141 e. The van der Waals surface area contributed by atoms with E-state index >= 15 is 0 Å². The highest BCUT2D eigenvalue weighted by Crippen LogP contribution is 2.44. The van der Waals surface area contributed by atoms with Gasteiger partial charge in [-0.25, -0.2) is 0 Å². The summed E-state index contributed by atoms with van der Waals surface area (Å²) in [6.07, 6.45) is 3.50. The molecular formula is C15H18N2O2. The highest BCUT2D eigenvalue weighted by molar-refractivity contribution is 5.65. The van der Waals surface area contributed by atoms with Crippen molar-refractivity contribution in [2.75, 3.05) is 13.2 Å². The molecule has 2 aliphatic heterocycles. The van der Waals surface area contributed by atoms with Crippen LogP contribution in [0.5, 0.6) is 11.5 Å². The highest BCUT2D eigenvalue weighted by Gasteiger charge is 2.31. The molecule has 0 bridgehead atoms. The first-order chi connectivity index (χ1) is 9.22. The molecule has 0 spiro atoms. The Balaban J connectivity index is 2.11. The molecule has 2 aliphatic rings. The summed E-state index contributed by atoms with van der Waals surface area (Å²) in [5.74, 6) is 1.73. The summed E-state index contributed by atoms with van der Waals surface area (Å²) in [7, 11) is 0. The summed E-state index contributed by atoms with van der Waals surface area (Å²) in [5, 5.41) is 9.37. The first kappa shape index (κ1) is 12.3. The van der Waals surface area contributed by atoms with E-state index in [1.54, 1.807) is 0 Å². The van der Waals surface area contributed by atoms with E-state index in [0.717, 1.165) is 48.3 Å². The summed E-state index contributed by atoms with van der Waals surface area (Å²) in [5.41, 5.74) is 9.96. The molecule has 4 nitrogen and oxygen atoms in total. The number of nitrogens with zero attached hydrogens (tertiary/aromatic N) is 1. The molecule has 3 rings (SSSR count). The van der Waals surface area contributed by atoms with Crippen LogP contribution in [0.2, 0.25) is 0 Å². The first-order valence-corrected chi connectivity index (χ1v) is 6.84. The third-order valence-corrected chi connectivity index (χ3v) is 3.87. The van der Waals surface area contributed by atoms with Crippen molar-refractivity contribution in [3.63, 3.8) is 0 Å². The fourth-order valence-corrected chi connectivity index (χ4v) is 2.96. The van der Waals surface area contributed by atoms with Crippen molar-refractivity contribution in [1.82, 2.24) is 0 Å². The summed E-state index contributed by atoms with van der Waals surface area (Å²) in [4.78, 5) is 0. The second-order valence-electron chi connectivity index (χ2n) is 5.29. The van der Waals surface area contributed by atoms with Crippen LogP contribution in [-0.4, -0.2) is 19.3 Å². The lowest BCUT2D eigenvalue weighted by Gasteiger charge is -2.15. The molecule has 2 heterocycles. The van der Waals surface area contributed by atoms with Gasteiger partial charge in [-0.2, -0.15) is 5.26 Å². The van der Waals surface area contributed by atoms with E-state index in [2.05, 4.69) is 6.07 Å². The minimum atomic E-state index is 0.172. The van der Waals surface area contributed by atoms with E-state index < -0.39 is 0 Å². The molecular weight excluding hydrogens is 240 g/mol. The van der Waals surface area contributed by atoms with Gasteiger partial charge in [0.05, 0.1) is 13.2 Å². The predicted molar refractivity (Wildman–Crippen MR) is 71.5 cm³/mol. The van der Waals surface area contributed by atoms with Crippen LogP contribution >= 0.6 is 0 Å². The van der Waals surface area contributed by atoms with E-state index in [1.165, 1.54) is 5.56 Å². The molecule has 0 fully saturated rings. The number of benzene rings is 1. The SMILES string of the molecule is CC(N)CCc1c2c(c(C#N)c3c1OCC3)OCC2. The van der Waals surface area contributed by atoms with Crippen LogP contribution < -0.4 is 15.2 Å². The number of hydrogen-bond donors (Lipinski definition) is 1. The average molecular weight is 258 g/mol. The van der Waals surface area contributed by atoms with Gasteiger partial charge >= 0.3 is 0 Å². The number of ether oxygens (including phenoxy) is 2. The standard InChI is InChI=1S/C15H18N2O2/c1-9(17)2-3-10-11-4-6-19-15(11)13(8-16)12-5-7-18-14(10)12/h9H,2-7,17H2,1H3. The minimum Gasteiger partial charge on any atom is -0.493 e. The summed E-state index contributed by atoms with van der Waals surface area (Å²) in [6, 6.07) is 2.46. The number of nitrogens with two attached hydrogens (primary N) is 1. The molecule has 0 saturated carbocycles. The highest BCUT2D eigenvalue weighted by atomic mass is 16.5. The Morgan fingerprint density at radius 1 is 1.21 bits per heavy atom. The molecule has 1 aromatic rings. The molecule has 2 N–H and O–H groups in total. The third kappa shape index (κ3) is 1.95. The smallest absolute Gasteiger partial charge is 0.141 e. The zero-order chi connectivity index (χ0) is 13.4. The monoisotopic (exact) mass is 258 g/mol. The molecule has 4 heteroatoms. The average Bonchev–Trinajstić information content (AvgIpc) is 3.02. The van der Waals surface area contributed by atoms with Crippen molar-refractivity contribution in [1.29, 1.82) is 5.26 Å². The number of hydrogen-bond acceptors (Lipinski definition) is 4. The zero-order valence-electron chi connectivity index (χ0n) is 11.2. The molecule has 1 aromatic carbocycles. The second kappa shape index (κ2) is 4.75. The van der Waals surface area contributed by atoms with Gasteiger partial charge in [-0.1, -0.05) is 0 Å². The summed E-state index contributed by atoms with van der Waals surface area (Å²) >= 11 is 0. The zero-order valence-corrected chi connectivity index (χ0v) is 11.2. The van der Waals surface area contributed by atoms with Crippen LogP contribution in [0.1, 0.15) is 35.6 Å². The van der Waals surface area contributed by atoms with Gasteiger partial charge in [0.1, 0.15) is 23.1 Å². The van der Waals surface area contributed by atoms with Crippen molar-refractivity contribution in [3.8, 4) is 17.6 Å². The molecule has 0 radical (unpaired) electrons. The summed E-state index contributed by atoms with van der Waals surface area (Å²) in [6.45, 7) is 3.34. The Hall–Kier alpha value is -1.73. The largest absolute Gasteiger partial charge is 0.493 e. The van der Waals surface area contributed by atoms with Gasteiger partial charge in [-0.15, -0.1) is 0 Å². The lowest BCUT2D eigenvalue weighted by molar-refractivity contribution is 0.352. The summed E-state index contributed by atoms with van der Waals surface area (Å²) < 4.78 is 11.5. The molecule has 0 aliphatic carbocycles. The quantitative estimate of drug-likeness (QED) is 0.896. The van der Waals surface area contributed by atoms with E-state index in [4.69, 9.17) is 15.2 Å². The molecule has 0 saturated heterocycles. The van der Waals surface area contributed by atoms with Crippen molar-refractivity contribution < 1.29 is 9.47 Å². The maximum absolute atomic E-state index is 9.37. The van der Waals surface area contributed by atoms with E-state index in [0.29, 0.717) is 18.8 Å². The van der Waals surface area contributed by atoms with Crippen molar-refractivity contribution in [2.45, 2.75) is 38.6 Å². The van der Waals surface area contributed by atoms with Crippen LogP contribution in [-0.2, 0) is 19.3 Å².